The maximum atomic E-state index is 11.6. The van der Waals surface area contributed by atoms with Crippen LogP contribution in [0.3, 0.4) is 0 Å². The Labute approximate surface area is 143 Å². The zero-order valence-electron chi connectivity index (χ0n) is 13.6. The first-order chi connectivity index (χ1) is 12.1. The van der Waals surface area contributed by atoms with E-state index in [9.17, 15) is 14.9 Å². The minimum Gasteiger partial charge on any atom is -0.460 e. The van der Waals surface area contributed by atoms with Crippen molar-refractivity contribution in [3.8, 4) is 11.3 Å². The highest BCUT2D eigenvalue weighted by Crippen LogP contribution is 2.33. The van der Waals surface area contributed by atoms with E-state index in [0.29, 0.717) is 43.2 Å². The number of carbonyl (C=O) groups is 1. The average molecular weight is 347 g/mol. The van der Waals surface area contributed by atoms with E-state index in [2.05, 4.69) is 5.16 Å². The number of rotatable bonds is 5. The SMILES string of the molecule is CCOC(=O)c1cc(-c2ccc(N3CCOCC3)c([N+](=O)[O-])c2)no1. The molecule has 2 aromatic rings. The molecule has 1 saturated heterocycles. The Bertz CT molecular complexity index is 782. The van der Waals surface area contributed by atoms with E-state index in [0.717, 1.165) is 0 Å². The summed E-state index contributed by atoms with van der Waals surface area (Å²) in [6, 6.07) is 6.23. The summed E-state index contributed by atoms with van der Waals surface area (Å²) in [5, 5.41) is 15.3. The fourth-order valence-electron chi connectivity index (χ4n) is 2.61. The zero-order valence-corrected chi connectivity index (χ0v) is 13.6. The molecule has 1 aliphatic heterocycles. The number of benzene rings is 1. The van der Waals surface area contributed by atoms with E-state index in [4.69, 9.17) is 14.0 Å². The maximum Gasteiger partial charge on any atom is 0.377 e. The van der Waals surface area contributed by atoms with Crippen LogP contribution >= 0.6 is 0 Å². The van der Waals surface area contributed by atoms with Crippen LogP contribution in [0.25, 0.3) is 11.3 Å². The third kappa shape index (κ3) is 3.61. The summed E-state index contributed by atoms with van der Waals surface area (Å²) in [4.78, 5) is 24.6. The van der Waals surface area contributed by atoms with E-state index >= 15 is 0 Å². The molecule has 1 aromatic carbocycles. The van der Waals surface area contributed by atoms with Crippen molar-refractivity contribution in [2.75, 3.05) is 37.8 Å². The van der Waals surface area contributed by atoms with Crippen molar-refractivity contribution in [3.05, 3.63) is 40.1 Å². The molecule has 3 rings (SSSR count). The highest BCUT2D eigenvalue weighted by Gasteiger charge is 2.23. The molecule has 1 aliphatic rings. The van der Waals surface area contributed by atoms with Gasteiger partial charge in [-0.3, -0.25) is 10.1 Å². The number of esters is 1. The van der Waals surface area contributed by atoms with Gasteiger partial charge < -0.3 is 18.9 Å². The van der Waals surface area contributed by atoms with Crippen LogP contribution < -0.4 is 4.90 Å². The Morgan fingerprint density at radius 1 is 1.36 bits per heavy atom. The van der Waals surface area contributed by atoms with E-state index in [-0.39, 0.29) is 18.1 Å². The highest BCUT2D eigenvalue weighted by molar-refractivity contribution is 5.87. The van der Waals surface area contributed by atoms with Crippen LogP contribution in [0.5, 0.6) is 0 Å². The van der Waals surface area contributed by atoms with Gasteiger partial charge in [-0.1, -0.05) is 11.2 Å². The normalized spacial score (nSPS) is 14.4. The van der Waals surface area contributed by atoms with Crippen LogP contribution in [-0.4, -0.2) is 49.0 Å². The van der Waals surface area contributed by atoms with Gasteiger partial charge in [0.25, 0.3) is 5.69 Å². The van der Waals surface area contributed by atoms with Crippen molar-refractivity contribution in [1.29, 1.82) is 0 Å². The lowest BCUT2D eigenvalue weighted by Gasteiger charge is -2.28. The van der Waals surface area contributed by atoms with Crippen LogP contribution in [0.15, 0.2) is 28.8 Å². The predicted octanol–water partition coefficient (Wildman–Crippen LogP) is 2.26. The van der Waals surface area contributed by atoms with Crippen LogP contribution in [0.1, 0.15) is 17.5 Å². The van der Waals surface area contributed by atoms with Gasteiger partial charge in [0.2, 0.25) is 5.76 Å². The van der Waals surface area contributed by atoms with Crippen molar-refractivity contribution < 1.29 is 23.7 Å². The van der Waals surface area contributed by atoms with Gasteiger partial charge in [-0.25, -0.2) is 4.79 Å². The molecule has 25 heavy (non-hydrogen) atoms. The van der Waals surface area contributed by atoms with E-state index in [1.54, 1.807) is 19.1 Å². The van der Waals surface area contributed by atoms with Crippen LogP contribution in [-0.2, 0) is 9.47 Å². The third-order valence-electron chi connectivity index (χ3n) is 3.81. The van der Waals surface area contributed by atoms with Gasteiger partial charge in [-0.05, 0) is 13.0 Å². The molecule has 0 atom stereocenters. The molecule has 9 nitrogen and oxygen atoms in total. The van der Waals surface area contributed by atoms with Crippen molar-refractivity contribution in [3.63, 3.8) is 0 Å². The summed E-state index contributed by atoms with van der Waals surface area (Å²) in [6.07, 6.45) is 0. The fraction of sp³-hybridized carbons (Fsp3) is 0.375. The van der Waals surface area contributed by atoms with Gasteiger partial charge in [-0.15, -0.1) is 0 Å². The topological polar surface area (TPSA) is 108 Å². The molecule has 0 bridgehead atoms. The molecule has 132 valence electrons. The van der Waals surface area contributed by atoms with Gasteiger partial charge in [0, 0.05) is 30.8 Å². The van der Waals surface area contributed by atoms with Crippen LogP contribution in [0, 0.1) is 10.1 Å². The summed E-state index contributed by atoms with van der Waals surface area (Å²) in [7, 11) is 0. The van der Waals surface area contributed by atoms with E-state index in [1.165, 1.54) is 12.1 Å². The van der Waals surface area contributed by atoms with Crippen molar-refractivity contribution in [2.45, 2.75) is 6.92 Å². The van der Waals surface area contributed by atoms with Gasteiger partial charge in [0.1, 0.15) is 11.4 Å². The Balaban J connectivity index is 1.91. The smallest absolute Gasteiger partial charge is 0.377 e. The Kier molecular flexibility index (Phi) is 4.94. The molecule has 1 fully saturated rings. The fourth-order valence-corrected chi connectivity index (χ4v) is 2.61. The molecule has 0 radical (unpaired) electrons. The quantitative estimate of drug-likeness (QED) is 0.460. The number of aromatic nitrogens is 1. The minimum atomic E-state index is -0.624. The summed E-state index contributed by atoms with van der Waals surface area (Å²) in [5.41, 5.74) is 1.33. The minimum absolute atomic E-state index is 0.0277. The second kappa shape index (κ2) is 7.31. The molecule has 0 saturated carbocycles. The number of morpholine rings is 1. The second-order valence-corrected chi connectivity index (χ2v) is 5.36. The number of anilines is 1. The first-order valence-corrected chi connectivity index (χ1v) is 7.85. The monoisotopic (exact) mass is 347 g/mol. The van der Waals surface area contributed by atoms with Crippen LogP contribution in [0.4, 0.5) is 11.4 Å². The first kappa shape index (κ1) is 16.9. The Morgan fingerprint density at radius 2 is 2.12 bits per heavy atom. The maximum absolute atomic E-state index is 11.6. The lowest BCUT2D eigenvalue weighted by molar-refractivity contribution is -0.384. The molecule has 1 aromatic heterocycles. The number of ether oxygens (including phenoxy) is 2. The summed E-state index contributed by atoms with van der Waals surface area (Å²) >= 11 is 0. The summed E-state index contributed by atoms with van der Waals surface area (Å²) < 4.78 is 15.1. The molecular formula is C16H17N3O6. The van der Waals surface area contributed by atoms with E-state index in [1.807, 2.05) is 4.90 Å². The number of nitro groups is 1. The van der Waals surface area contributed by atoms with Crippen LogP contribution in [0.2, 0.25) is 0 Å². The highest BCUT2D eigenvalue weighted by atomic mass is 16.6. The summed E-state index contributed by atoms with van der Waals surface area (Å²) in [5.74, 6) is -0.669. The van der Waals surface area contributed by atoms with Crippen molar-refractivity contribution in [2.24, 2.45) is 0 Å². The molecule has 9 heteroatoms. The first-order valence-electron chi connectivity index (χ1n) is 7.85. The molecule has 0 amide bonds. The van der Waals surface area contributed by atoms with Crippen molar-refractivity contribution >= 4 is 17.3 Å². The summed E-state index contributed by atoms with van der Waals surface area (Å²) in [6.45, 7) is 4.15. The lowest BCUT2D eigenvalue weighted by Crippen LogP contribution is -2.36. The number of nitrogens with zero attached hydrogens (tertiary/aromatic N) is 3. The standard InChI is InChI=1S/C16H17N3O6/c1-2-24-16(20)15-10-12(17-25-15)11-3-4-13(14(9-11)19(21)22)18-5-7-23-8-6-18/h3-4,9-10H,2,5-8H2,1H3. The average Bonchev–Trinajstić information content (AvgIpc) is 3.12. The number of hydrogen-bond acceptors (Lipinski definition) is 8. The van der Waals surface area contributed by atoms with Gasteiger partial charge in [-0.2, -0.15) is 0 Å². The molecular weight excluding hydrogens is 330 g/mol. The Hall–Kier alpha value is -2.94. The van der Waals surface area contributed by atoms with Gasteiger partial charge in [0.05, 0.1) is 24.7 Å². The van der Waals surface area contributed by atoms with Gasteiger partial charge >= 0.3 is 5.97 Å². The molecule has 0 aliphatic carbocycles. The number of hydrogen-bond donors (Lipinski definition) is 0. The molecule has 0 N–H and O–H groups in total. The van der Waals surface area contributed by atoms with Crippen molar-refractivity contribution in [1.82, 2.24) is 5.16 Å². The van der Waals surface area contributed by atoms with Gasteiger partial charge in [0.15, 0.2) is 0 Å². The molecule has 2 heterocycles. The predicted molar refractivity (Wildman–Crippen MR) is 87.6 cm³/mol. The number of nitro benzene ring substituents is 1. The zero-order chi connectivity index (χ0) is 17.8. The number of carbonyl (C=O) groups excluding carboxylic acids is 1. The van der Waals surface area contributed by atoms with E-state index < -0.39 is 10.9 Å². The third-order valence-corrected chi connectivity index (χ3v) is 3.81. The molecule has 0 spiro atoms. The Morgan fingerprint density at radius 3 is 2.80 bits per heavy atom. The second-order valence-electron chi connectivity index (χ2n) is 5.36. The largest absolute Gasteiger partial charge is 0.460 e. The molecule has 0 unspecified atom stereocenters. The lowest BCUT2D eigenvalue weighted by atomic mass is 10.1.